The number of hydrogen-bond donors (Lipinski definition) is 1. The first-order valence-electron chi connectivity index (χ1n) is 8.12. The van der Waals surface area contributed by atoms with E-state index in [0.717, 1.165) is 31.9 Å². The molecule has 5 heteroatoms. The van der Waals surface area contributed by atoms with Gasteiger partial charge in [-0.1, -0.05) is 0 Å². The zero-order valence-electron chi connectivity index (χ0n) is 12.8. The molecule has 1 unspecified atom stereocenters. The van der Waals surface area contributed by atoms with Crippen LogP contribution >= 0.6 is 0 Å². The molecule has 1 fully saturated rings. The molecule has 2 aliphatic rings. The monoisotopic (exact) mass is 277 g/mol. The van der Waals surface area contributed by atoms with Crippen LogP contribution in [0.1, 0.15) is 51.2 Å². The Bertz CT molecular complexity index is 433. The summed E-state index contributed by atoms with van der Waals surface area (Å²) in [5.74, 6) is 2.35. The highest BCUT2D eigenvalue weighted by atomic mass is 15.3. The fourth-order valence-corrected chi connectivity index (χ4v) is 3.32. The molecule has 0 saturated carbocycles. The lowest BCUT2D eigenvalue weighted by atomic mass is 10.1. The SMILES string of the molecule is CC(C)N(Cc1nnc2n1CCCC2)CC1CCCN1. The molecule has 0 aliphatic carbocycles. The normalized spacial score (nSPS) is 22.7. The third kappa shape index (κ3) is 3.04. The number of aryl methyl sites for hydroxylation is 1. The summed E-state index contributed by atoms with van der Waals surface area (Å²) < 4.78 is 2.35. The average Bonchev–Trinajstić information content (AvgIpc) is 3.08. The van der Waals surface area contributed by atoms with Crippen LogP contribution in [0.4, 0.5) is 0 Å². The Kier molecular flexibility index (Phi) is 4.36. The maximum atomic E-state index is 4.45. The number of nitrogens with zero attached hydrogens (tertiary/aromatic N) is 4. The second-order valence-corrected chi connectivity index (χ2v) is 6.46. The Balaban J connectivity index is 1.67. The van der Waals surface area contributed by atoms with E-state index in [1.165, 1.54) is 38.1 Å². The van der Waals surface area contributed by atoms with Gasteiger partial charge in [0.1, 0.15) is 11.6 Å². The molecule has 0 bridgehead atoms. The van der Waals surface area contributed by atoms with E-state index in [1.54, 1.807) is 0 Å². The summed E-state index contributed by atoms with van der Waals surface area (Å²) in [6.45, 7) is 8.90. The van der Waals surface area contributed by atoms with Crippen molar-refractivity contribution < 1.29 is 0 Å². The van der Waals surface area contributed by atoms with Crippen molar-refractivity contribution in [2.45, 2.75) is 71.1 Å². The van der Waals surface area contributed by atoms with Crippen LogP contribution in [0.2, 0.25) is 0 Å². The van der Waals surface area contributed by atoms with Crippen LogP contribution in [0.5, 0.6) is 0 Å². The van der Waals surface area contributed by atoms with Gasteiger partial charge in [-0.2, -0.15) is 0 Å². The van der Waals surface area contributed by atoms with Crippen LogP contribution in [-0.2, 0) is 19.5 Å². The number of aromatic nitrogens is 3. The van der Waals surface area contributed by atoms with Gasteiger partial charge in [-0.25, -0.2) is 0 Å². The summed E-state index contributed by atoms with van der Waals surface area (Å²) in [7, 11) is 0. The fraction of sp³-hybridized carbons (Fsp3) is 0.867. The van der Waals surface area contributed by atoms with Gasteiger partial charge in [-0.3, -0.25) is 4.90 Å². The largest absolute Gasteiger partial charge is 0.314 e. The summed E-state index contributed by atoms with van der Waals surface area (Å²) in [6.07, 6.45) is 6.25. The molecule has 1 atom stereocenters. The van der Waals surface area contributed by atoms with Crippen molar-refractivity contribution >= 4 is 0 Å². The minimum Gasteiger partial charge on any atom is -0.314 e. The molecule has 1 saturated heterocycles. The highest BCUT2D eigenvalue weighted by molar-refractivity contribution is 4.99. The molecule has 1 aromatic rings. The predicted octanol–water partition coefficient (Wildman–Crippen LogP) is 1.58. The van der Waals surface area contributed by atoms with E-state index in [9.17, 15) is 0 Å². The van der Waals surface area contributed by atoms with Gasteiger partial charge in [0.25, 0.3) is 0 Å². The Labute approximate surface area is 121 Å². The molecule has 3 rings (SSSR count). The first-order valence-corrected chi connectivity index (χ1v) is 8.12. The molecule has 0 radical (unpaired) electrons. The van der Waals surface area contributed by atoms with Crippen molar-refractivity contribution in [1.82, 2.24) is 25.0 Å². The predicted molar refractivity (Wildman–Crippen MR) is 79.5 cm³/mol. The number of fused-ring (bicyclic) bond motifs is 1. The van der Waals surface area contributed by atoms with Crippen LogP contribution in [0.3, 0.4) is 0 Å². The van der Waals surface area contributed by atoms with Crippen molar-refractivity contribution in [2.24, 2.45) is 0 Å². The molecule has 2 aliphatic heterocycles. The van der Waals surface area contributed by atoms with Crippen LogP contribution in [-0.4, -0.2) is 44.8 Å². The topological polar surface area (TPSA) is 46.0 Å². The number of rotatable bonds is 5. The van der Waals surface area contributed by atoms with Gasteiger partial charge >= 0.3 is 0 Å². The zero-order chi connectivity index (χ0) is 13.9. The molecule has 112 valence electrons. The minimum absolute atomic E-state index is 0.550. The number of hydrogen-bond acceptors (Lipinski definition) is 4. The van der Waals surface area contributed by atoms with Crippen molar-refractivity contribution in [1.29, 1.82) is 0 Å². The summed E-state index contributed by atoms with van der Waals surface area (Å²) in [5, 5.41) is 12.4. The lowest BCUT2D eigenvalue weighted by Gasteiger charge is -2.29. The number of nitrogens with one attached hydrogen (secondary N) is 1. The molecule has 1 aromatic heterocycles. The summed E-state index contributed by atoms with van der Waals surface area (Å²) in [5.41, 5.74) is 0. The first-order chi connectivity index (χ1) is 9.74. The van der Waals surface area contributed by atoms with E-state index < -0.39 is 0 Å². The van der Waals surface area contributed by atoms with Crippen molar-refractivity contribution in [3.63, 3.8) is 0 Å². The second-order valence-electron chi connectivity index (χ2n) is 6.46. The van der Waals surface area contributed by atoms with E-state index in [0.29, 0.717) is 12.1 Å². The Morgan fingerprint density at radius 2 is 2.20 bits per heavy atom. The van der Waals surface area contributed by atoms with Crippen molar-refractivity contribution in [3.05, 3.63) is 11.6 Å². The van der Waals surface area contributed by atoms with Gasteiger partial charge in [0, 0.05) is 31.6 Å². The van der Waals surface area contributed by atoms with E-state index in [4.69, 9.17) is 0 Å². The van der Waals surface area contributed by atoms with Crippen molar-refractivity contribution in [3.8, 4) is 0 Å². The Morgan fingerprint density at radius 3 is 2.95 bits per heavy atom. The lowest BCUT2D eigenvalue weighted by Crippen LogP contribution is -2.41. The van der Waals surface area contributed by atoms with E-state index >= 15 is 0 Å². The van der Waals surface area contributed by atoms with Crippen molar-refractivity contribution in [2.75, 3.05) is 13.1 Å². The average molecular weight is 277 g/mol. The van der Waals surface area contributed by atoms with Gasteiger partial charge in [-0.05, 0) is 46.1 Å². The van der Waals surface area contributed by atoms with E-state index in [1.807, 2.05) is 0 Å². The molecular weight excluding hydrogens is 250 g/mol. The van der Waals surface area contributed by atoms with E-state index in [2.05, 4.69) is 38.8 Å². The van der Waals surface area contributed by atoms with E-state index in [-0.39, 0.29) is 0 Å². The van der Waals surface area contributed by atoms with Gasteiger partial charge < -0.3 is 9.88 Å². The van der Waals surface area contributed by atoms with Crippen LogP contribution in [0.15, 0.2) is 0 Å². The van der Waals surface area contributed by atoms with Gasteiger partial charge in [0.15, 0.2) is 0 Å². The molecule has 0 spiro atoms. The zero-order valence-corrected chi connectivity index (χ0v) is 12.8. The molecule has 3 heterocycles. The highest BCUT2D eigenvalue weighted by Gasteiger charge is 2.23. The smallest absolute Gasteiger partial charge is 0.147 e. The van der Waals surface area contributed by atoms with Gasteiger partial charge in [0.05, 0.1) is 6.54 Å². The lowest BCUT2D eigenvalue weighted by molar-refractivity contribution is 0.186. The molecule has 0 amide bonds. The Morgan fingerprint density at radius 1 is 1.30 bits per heavy atom. The standard InChI is InChI=1S/C15H27N5/c1-12(2)19(10-13-6-5-8-16-13)11-15-18-17-14-7-3-4-9-20(14)15/h12-13,16H,3-11H2,1-2H3. The molecule has 20 heavy (non-hydrogen) atoms. The second kappa shape index (κ2) is 6.22. The summed E-state index contributed by atoms with van der Waals surface area (Å²) >= 11 is 0. The molecular formula is C15H27N5. The third-order valence-electron chi connectivity index (χ3n) is 4.63. The van der Waals surface area contributed by atoms with Crippen LogP contribution < -0.4 is 5.32 Å². The van der Waals surface area contributed by atoms with Crippen LogP contribution in [0, 0.1) is 0 Å². The third-order valence-corrected chi connectivity index (χ3v) is 4.63. The molecule has 5 nitrogen and oxygen atoms in total. The molecule has 0 aromatic carbocycles. The quantitative estimate of drug-likeness (QED) is 0.887. The highest BCUT2D eigenvalue weighted by Crippen LogP contribution is 2.17. The summed E-state index contributed by atoms with van der Waals surface area (Å²) in [4.78, 5) is 2.54. The maximum Gasteiger partial charge on any atom is 0.147 e. The fourth-order valence-electron chi connectivity index (χ4n) is 3.32. The summed E-state index contributed by atoms with van der Waals surface area (Å²) in [6, 6.07) is 1.20. The Hall–Kier alpha value is -0.940. The first kappa shape index (κ1) is 14.0. The molecule has 1 N–H and O–H groups in total. The van der Waals surface area contributed by atoms with Crippen LogP contribution in [0.25, 0.3) is 0 Å². The maximum absolute atomic E-state index is 4.45. The van der Waals surface area contributed by atoms with Gasteiger partial charge in [-0.15, -0.1) is 10.2 Å². The van der Waals surface area contributed by atoms with Gasteiger partial charge in [0.2, 0.25) is 0 Å². The minimum atomic E-state index is 0.550.